The van der Waals surface area contributed by atoms with E-state index < -0.39 is 0 Å². The number of aliphatic hydroxyl groups excluding tert-OH is 1. The van der Waals surface area contributed by atoms with E-state index in [1.54, 1.807) is 10.9 Å². The number of hydrogen-bond acceptors (Lipinski definition) is 4. The highest BCUT2D eigenvalue weighted by molar-refractivity contribution is 5.86. The Labute approximate surface area is 87.6 Å². The van der Waals surface area contributed by atoms with Gasteiger partial charge in [-0.1, -0.05) is 11.8 Å². The lowest BCUT2D eigenvalue weighted by molar-refractivity contribution is -0.116. The lowest BCUT2D eigenvalue weighted by atomic mass is 10.4. The monoisotopic (exact) mass is 210 g/mol. The van der Waals surface area contributed by atoms with Gasteiger partial charge in [-0.3, -0.25) is 9.48 Å². The van der Waals surface area contributed by atoms with Gasteiger partial charge >= 0.3 is 0 Å². The zero-order valence-electron chi connectivity index (χ0n) is 8.39. The highest BCUT2D eigenvalue weighted by atomic mass is 16.3. The molecule has 2 N–H and O–H groups in total. The normalized spacial score (nSPS) is 9.93. The largest absolute Gasteiger partial charge is 0.390 e. The van der Waals surface area contributed by atoms with Crippen molar-refractivity contribution < 1.29 is 9.90 Å². The average Bonchev–Trinajstić information content (AvgIpc) is 2.72. The second-order valence-corrected chi connectivity index (χ2v) is 2.98. The molecule has 1 aromatic rings. The molecule has 0 aliphatic rings. The highest BCUT2D eigenvalue weighted by Gasteiger charge is 1.98. The predicted molar refractivity (Wildman–Crippen MR) is 53.8 cm³/mol. The summed E-state index contributed by atoms with van der Waals surface area (Å²) in [6.45, 7) is 4.47. The molecule has 1 aromatic heterocycles. The van der Waals surface area contributed by atoms with E-state index in [4.69, 9.17) is 5.11 Å². The minimum Gasteiger partial charge on any atom is -0.390 e. The zero-order chi connectivity index (χ0) is 11.1. The van der Waals surface area contributed by atoms with Crippen molar-refractivity contribution in [3.05, 3.63) is 24.5 Å². The minimum atomic E-state index is -0.176. The standard InChI is InChI=1S/C9H14N4O2/c1-2-9(15)10-4-3-5-13-6-8(7-14)11-12-13/h2,6,14H,1,3-5,7H2,(H,10,15). The van der Waals surface area contributed by atoms with E-state index in [1.165, 1.54) is 6.08 Å². The Hall–Kier alpha value is -1.69. The molecule has 0 fully saturated rings. The van der Waals surface area contributed by atoms with Crippen LogP contribution in [0, 0.1) is 0 Å². The summed E-state index contributed by atoms with van der Waals surface area (Å²) in [6, 6.07) is 0. The Morgan fingerprint density at radius 1 is 1.73 bits per heavy atom. The average molecular weight is 210 g/mol. The molecule has 0 saturated carbocycles. The number of nitrogens with zero attached hydrogens (tertiary/aromatic N) is 3. The number of carbonyl (C=O) groups is 1. The number of aryl methyl sites for hydroxylation is 1. The molecule has 6 nitrogen and oxygen atoms in total. The van der Waals surface area contributed by atoms with Crippen LogP contribution in [0.2, 0.25) is 0 Å². The van der Waals surface area contributed by atoms with Gasteiger partial charge in [-0.25, -0.2) is 0 Å². The second-order valence-electron chi connectivity index (χ2n) is 2.98. The Kier molecular flexibility index (Phi) is 4.49. The number of rotatable bonds is 6. The molecule has 0 saturated heterocycles. The van der Waals surface area contributed by atoms with Crippen molar-refractivity contribution >= 4 is 5.91 Å². The van der Waals surface area contributed by atoms with E-state index in [9.17, 15) is 4.79 Å². The molecule has 0 aliphatic carbocycles. The smallest absolute Gasteiger partial charge is 0.243 e. The van der Waals surface area contributed by atoms with Crippen LogP contribution in [-0.2, 0) is 17.9 Å². The van der Waals surface area contributed by atoms with Crippen LogP contribution in [0.5, 0.6) is 0 Å². The van der Waals surface area contributed by atoms with Crippen LogP contribution in [0.3, 0.4) is 0 Å². The molecule has 6 heteroatoms. The maximum atomic E-state index is 10.8. The lowest BCUT2D eigenvalue weighted by Gasteiger charge is -2.01. The first-order valence-corrected chi connectivity index (χ1v) is 4.66. The van der Waals surface area contributed by atoms with E-state index >= 15 is 0 Å². The first kappa shape index (κ1) is 11.4. The third kappa shape index (κ3) is 3.90. The number of carbonyl (C=O) groups excluding carboxylic acids is 1. The Morgan fingerprint density at radius 3 is 3.13 bits per heavy atom. The van der Waals surface area contributed by atoms with E-state index in [0.29, 0.717) is 18.8 Å². The summed E-state index contributed by atoms with van der Waals surface area (Å²) >= 11 is 0. The topological polar surface area (TPSA) is 80.0 Å². The summed E-state index contributed by atoms with van der Waals surface area (Å²) in [4.78, 5) is 10.8. The highest BCUT2D eigenvalue weighted by Crippen LogP contribution is 1.93. The molecular formula is C9H14N4O2. The van der Waals surface area contributed by atoms with E-state index in [-0.39, 0.29) is 12.5 Å². The van der Waals surface area contributed by atoms with Crippen molar-refractivity contribution in [1.29, 1.82) is 0 Å². The molecule has 0 aromatic carbocycles. The van der Waals surface area contributed by atoms with Crippen molar-refractivity contribution in [2.75, 3.05) is 6.54 Å². The van der Waals surface area contributed by atoms with Gasteiger partial charge in [-0.2, -0.15) is 0 Å². The number of aromatic nitrogens is 3. The molecule has 0 atom stereocenters. The summed E-state index contributed by atoms with van der Waals surface area (Å²) < 4.78 is 1.63. The molecule has 1 rings (SSSR count). The van der Waals surface area contributed by atoms with Crippen molar-refractivity contribution in [2.45, 2.75) is 19.6 Å². The first-order chi connectivity index (χ1) is 7.26. The molecule has 1 heterocycles. The molecule has 0 bridgehead atoms. The maximum Gasteiger partial charge on any atom is 0.243 e. The summed E-state index contributed by atoms with van der Waals surface area (Å²) in [6.07, 6.45) is 3.67. The molecule has 0 aliphatic heterocycles. The summed E-state index contributed by atoms with van der Waals surface area (Å²) in [5, 5.41) is 18.9. The third-order valence-corrected chi connectivity index (χ3v) is 1.80. The number of amides is 1. The van der Waals surface area contributed by atoms with Crippen molar-refractivity contribution in [1.82, 2.24) is 20.3 Å². The van der Waals surface area contributed by atoms with Crippen LogP contribution in [0.4, 0.5) is 0 Å². The van der Waals surface area contributed by atoms with Gasteiger partial charge in [-0.05, 0) is 12.5 Å². The molecule has 0 radical (unpaired) electrons. The van der Waals surface area contributed by atoms with E-state index in [0.717, 1.165) is 6.42 Å². The molecular weight excluding hydrogens is 196 g/mol. The van der Waals surface area contributed by atoms with Crippen molar-refractivity contribution in [3.8, 4) is 0 Å². The second kappa shape index (κ2) is 5.92. The molecule has 82 valence electrons. The van der Waals surface area contributed by atoms with Crippen LogP contribution >= 0.6 is 0 Å². The van der Waals surface area contributed by atoms with Gasteiger partial charge in [0.05, 0.1) is 12.8 Å². The van der Waals surface area contributed by atoms with Gasteiger partial charge in [0.2, 0.25) is 5.91 Å². The van der Waals surface area contributed by atoms with E-state index in [1.807, 2.05) is 0 Å². The fraction of sp³-hybridized carbons (Fsp3) is 0.444. The number of aliphatic hydroxyl groups is 1. The van der Waals surface area contributed by atoms with Crippen LogP contribution in [0.15, 0.2) is 18.9 Å². The van der Waals surface area contributed by atoms with Crippen LogP contribution < -0.4 is 5.32 Å². The van der Waals surface area contributed by atoms with Crippen LogP contribution in [0.1, 0.15) is 12.1 Å². The fourth-order valence-electron chi connectivity index (χ4n) is 1.05. The summed E-state index contributed by atoms with van der Waals surface area (Å²) in [5.74, 6) is -0.176. The minimum absolute atomic E-state index is 0.104. The maximum absolute atomic E-state index is 10.8. The van der Waals surface area contributed by atoms with Gasteiger partial charge in [-0.15, -0.1) is 5.10 Å². The summed E-state index contributed by atoms with van der Waals surface area (Å²) in [7, 11) is 0. The number of nitrogens with one attached hydrogen (secondary N) is 1. The fourth-order valence-corrected chi connectivity index (χ4v) is 1.05. The lowest BCUT2D eigenvalue weighted by Crippen LogP contribution is -2.22. The van der Waals surface area contributed by atoms with Gasteiger partial charge in [0, 0.05) is 13.1 Å². The quantitative estimate of drug-likeness (QED) is 0.488. The Bertz CT molecular complexity index is 335. The van der Waals surface area contributed by atoms with Crippen molar-refractivity contribution in [3.63, 3.8) is 0 Å². The molecule has 1 amide bonds. The van der Waals surface area contributed by atoms with Gasteiger partial charge in [0.1, 0.15) is 5.69 Å². The summed E-state index contributed by atoms with van der Waals surface area (Å²) in [5.41, 5.74) is 0.546. The SMILES string of the molecule is C=CC(=O)NCCCn1cc(CO)nn1. The zero-order valence-corrected chi connectivity index (χ0v) is 8.39. The van der Waals surface area contributed by atoms with Crippen molar-refractivity contribution in [2.24, 2.45) is 0 Å². The van der Waals surface area contributed by atoms with Gasteiger partial charge < -0.3 is 10.4 Å². The third-order valence-electron chi connectivity index (χ3n) is 1.80. The Morgan fingerprint density at radius 2 is 2.53 bits per heavy atom. The predicted octanol–water partition coefficient (Wildman–Crippen LogP) is -0.537. The Balaban J connectivity index is 2.20. The molecule has 15 heavy (non-hydrogen) atoms. The van der Waals surface area contributed by atoms with Crippen LogP contribution in [0.25, 0.3) is 0 Å². The van der Waals surface area contributed by atoms with Gasteiger partial charge in [0.15, 0.2) is 0 Å². The molecule has 0 spiro atoms. The number of hydrogen-bond donors (Lipinski definition) is 2. The van der Waals surface area contributed by atoms with E-state index in [2.05, 4.69) is 22.2 Å². The van der Waals surface area contributed by atoms with Crippen LogP contribution in [-0.4, -0.2) is 32.6 Å². The first-order valence-electron chi connectivity index (χ1n) is 4.66. The van der Waals surface area contributed by atoms with Gasteiger partial charge in [0.25, 0.3) is 0 Å². The molecule has 0 unspecified atom stereocenters.